The molecule has 0 saturated heterocycles. The van der Waals surface area contributed by atoms with Crippen molar-refractivity contribution in [2.24, 2.45) is 0 Å². The van der Waals surface area contributed by atoms with Gasteiger partial charge in [-0.05, 0) is 30.4 Å². The Hall–Kier alpha value is -0.690. The molecule has 1 aromatic rings. The number of hydrogen-bond donors (Lipinski definition) is 0. The summed E-state index contributed by atoms with van der Waals surface area (Å²) >= 11 is 5.94. The van der Waals surface area contributed by atoms with Crippen molar-refractivity contribution in [3.63, 3.8) is 0 Å². The molecular formula is C14H19ClO. The van der Waals surface area contributed by atoms with Crippen LogP contribution >= 0.6 is 11.6 Å². The molecule has 0 aromatic heterocycles. The van der Waals surface area contributed by atoms with Gasteiger partial charge in [0.15, 0.2) is 0 Å². The van der Waals surface area contributed by atoms with Crippen LogP contribution in [0.25, 0.3) is 0 Å². The standard InChI is InChI=1S/C14H19ClO/c1-16-14-8-7-12(9-13(14)10-15)11-5-3-2-4-6-11/h7-9,11H,2-6,10H2,1H3. The summed E-state index contributed by atoms with van der Waals surface area (Å²) in [6.45, 7) is 0. The van der Waals surface area contributed by atoms with E-state index in [4.69, 9.17) is 16.3 Å². The molecule has 16 heavy (non-hydrogen) atoms. The normalized spacial score (nSPS) is 17.4. The summed E-state index contributed by atoms with van der Waals surface area (Å²) < 4.78 is 5.29. The number of ether oxygens (including phenoxy) is 1. The smallest absolute Gasteiger partial charge is 0.123 e. The zero-order valence-electron chi connectivity index (χ0n) is 9.84. The average Bonchev–Trinajstić information content (AvgIpc) is 2.39. The molecule has 88 valence electrons. The lowest BCUT2D eigenvalue weighted by Gasteiger charge is -2.22. The van der Waals surface area contributed by atoms with Gasteiger partial charge in [-0.2, -0.15) is 0 Å². The molecule has 1 saturated carbocycles. The highest BCUT2D eigenvalue weighted by atomic mass is 35.5. The van der Waals surface area contributed by atoms with Crippen LogP contribution in [-0.4, -0.2) is 7.11 Å². The quantitative estimate of drug-likeness (QED) is 0.706. The molecule has 1 nitrogen and oxygen atoms in total. The second kappa shape index (κ2) is 5.58. The Morgan fingerprint density at radius 1 is 1.25 bits per heavy atom. The summed E-state index contributed by atoms with van der Waals surface area (Å²) in [7, 11) is 1.70. The Morgan fingerprint density at radius 3 is 2.62 bits per heavy atom. The van der Waals surface area contributed by atoms with Crippen LogP contribution in [-0.2, 0) is 5.88 Å². The van der Waals surface area contributed by atoms with Gasteiger partial charge in [0.25, 0.3) is 0 Å². The van der Waals surface area contributed by atoms with Crippen molar-refractivity contribution in [1.82, 2.24) is 0 Å². The van der Waals surface area contributed by atoms with Gasteiger partial charge in [-0.1, -0.05) is 31.4 Å². The number of methoxy groups -OCH3 is 1. The molecule has 0 bridgehead atoms. The van der Waals surface area contributed by atoms with E-state index < -0.39 is 0 Å². The zero-order valence-corrected chi connectivity index (χ0v) is 10.6. The maximum Gasteiger partial charge on any atom is 0.123 e. The Bertz CT molecular complexity index is 343. The fraction of sp³-hybridized carbons (Fsp3) is 0.571. The molecule has 0 atom stereocenters. The third kappa shape index (κ3) is 2.52. The van der Waals surface area contributed by atoms with E-state index in [1.807, 2.05) is 0 Å². The van der Waals surface area contributed by atoms with Gasteiger partial charge < -0.3 is 4.74 Å². The van der Waals surface area contributed by atoms with Crippen molar-refractivity contribution in [1.29, 1.82) is 0 Å². The van der Waals surface area contributed by atoms with Gasteiger partial charge in [0.05, 0.1) is 13.0 Å². The monoisotopic (exact) mass is 238 g/mol. The van der Waals surface area contributed by atoms with Crippen LogP contribution in [0.15, 0.2) is 18.2 Å². The second-order valence-electron chi connectivity index (χ2n) is 4.54. The van der Waals surface area contributed by atoms with Gasteiger partial charge in [-0.3, -0.25) is 0 Å². The Kier molecular flexibility index (Phi) is 4.11. The number of rotatable bonds is 3. The van der Waals surface area contributed by atoms with Crippen molar-refractivity contribution in [2.75, 3.05) is 7.11 Å². The molecule has 0 spiro atoms. The highest BCUT2D eigenvalue weighted by Gasteiger charge is 2.16. The van der Waals surface area contributed by atoms with Gasteiger partial charge in [0, 0.05) is 5.56 Å². The largest absolute Gasteiger partial charge is 0.496 e. The summed E-state index contributed by atoms with van der Waals surface area (Å²) in [4.78, 5) is 0. The van der Waals surface area contributed by atoms with E-state index in [0.717, 1.165) is 17.2 Å². The molecule has 1 aliphatic rings. The van der Waals surface area contributed by atoms with E-state index in [1.165, 1.54) is 37.7 Å². The predicted molar refractivity (Wildman–Crippen MR) is 68.4 cm³/mol. The SMILES string of the molecule is COc1ccc(C2CCCCC2)cc1CCl. The van der Waals surface area contributed by atoms with Crippen molar-refractivity contribution in [2.45, 2.75) is 43.9 Å². The van der Waals surface area contributed by atoms with Crippen LogP contribution in [0, 0.1) is 0 Å². The Morgan fingerprint density at radius 2 is 2.00 bits per heavy atom. The lowest BCUT2D eigenvalue weighted by molar-refractivity contribution is 0.409. The first-order valence-corrected chi connectivity index (χ1v) is 6.61. The highest BCUT2D eigenvalue weighted by Crippen LogP contribution is 2.34. The van der Waals surface area contributed by atoms with Crippen molar-refractivity contribution in [3.05, 3.63) is 29.3 Å². The molecule has 1 fully saturated rings. The molecule has 2 heteroatoms. The predicted octanol–water partition coefficient (Wildman–Crippen LogP) is 4.48. The van der Waals surface area contributed by atoms with Crippen LogP contribution in [0.3, 0.4) is 0 Å². The Labute approximate surface area is 103 Å². The lowest BCUT2D eigenvalue weighted by Crippen LogP contribution is -2.05. The van der Waals surface area contributed by atoms with Gasteiger partial charge in [0.1, 0.15) is 5.75 Å². The minimum atomic E-state index is 0.531. The van der Waals surface area contributed by atoms with E-state index in [2.05, 4.69) is 18.2 Å². The third-order valence-corrected chi connectivity index (χ3v) is 3.81. The molecule has 0 N–H and O–H groups in total. The minimum absolute atomic E-state index is 0.531. The maximum atomic E-state index is 5.94. The van der Waals surface area contributed by atoms with Crippen LogP contribution in [0.1, 0.15) is 49.1 Å². The Balaban J connectivity index is 2.20. The molecule has 2 rings (SSSR count). The fourth-order valence-electron chi connectivity index (χ4n) is 2.59. The van der Waals surface area contributed by atoms with Crippen molar-refractivity contribution >= 4 is 11.6 Å². The maximum absolute atomic E-state index is 5.94. The number of halogens is 1. The molecule has 0 amide bonds. The number of alkyl halides is 1. The molecular weight excluding hydrogens is 220 g/mol. The highest BCUT2D eigenvalue weighted by molar-refractivity contribution is 6.17. The van der Waals surface area contributed by atoms with Crippen LogP contribution in [0.2, 0.25) is 0 Å². The van der Waals surface area contributed by atoms with E-state index in [9.17, 15) is 0 Å². The van der Waals surface area contributed by atoms with Crippen molar-refractivity contribution < 1.29 is 4.74 Å². The number of hydrogen-bond acceptors (Lipinski definition) is 1. The van der Waals surface area contributed by atoms with E-state index in [-0.39, 0.29) is 0 Å². The minimum Gasteiger partial charge on any atom is -0.496 e. The second-order valence-corrected chi connectivity index (χ2v) is 4.81. The zero-order chi connectivity index (χ0) is 11.4. The van der Waals surface area contributed by atoms with E-state index in [0.29, 0.717) is 5.88 Å². The first-order chi connectivity index (χ1) is 7.85. The molecule has 0 radical (unpaired) electrons. The van der Waals surface area contributed by atoms with Gasteiger partial charge in [-0.15, -0.1) is 11.6 Å². The molecule has 1 aliphatic carbocycles. The summed E-state index contributed by atoms with van der Waals surface area (Å²) in [6, 6.07) is 6.48. The molecule has 1 aromatic carbocycles. The third-order valence-electron chi connectivity index (χ3n) is 3.53. The average molecular weight is 239 g/mol. The topological polar surface area (TPSA) is 9.23 Å². The lowest BCUT2D eigenvalue weighted by atomic mass is 9.83. The molecule has 0 aliphatic heterocycles. The molecule has 0 unspecified atom stereocenters. The summed E-state index contributed by atoms with van der Waals surface area (Å²) in [5, 5.41) is 0. The summed E-state index contributed by atoms with van der Waals surface area (Å²) in [6.07, 6.45) is 6.79. The fourth-order valence-corrected chi connectivity index (χ4v) is 2.80. The first-order valence-electron chi connectivity index (χ1n) is 6.08. The van der Waals surface area contributed by atoms with Crippen LogP contribution in [0.4, 0.5) is 0 Å². The molecule has 0 heterocycles. The van der Waals surface area contributed by atoms with Crippen LogP contribution < -0.4 is 4.74 Å². The van der Waals surface area contributed by atoms with Gasteiger partial charge in [0.2, 0.25) is 0 Å². The van der Waals surface area contributed by atoms with Gasteiger partial charge >= 0.3 is 0 Å². The van der Waals surface area contributed by atoms with Crippen LogP contribution in [0.5, 0.6) is 5.75 Å². The van der Waals surface area contributed by atoms with E-state index in [1.54, 1.807) is 7.11 Å². The van der Waals surface area contributed by atoms with E-state index >= 15 is 0 Å². The van der Waals surface area contributed by atoms with Gasteiger partial charge in [-0.25, -0.2) is 0 Å². The first kappa shape index (κ1) is 11.8. The summed E-state index contributed by atoms with van der Waals surface area (Å²) in [5.74, 6) is 2.18. The van der Waals surface area contributed by atoms with Crippen molar-refractivity contribution in [3.8, 4) is 5.75 Å². The summed E-state index contributed by atoms with van der Waals surface area (Å²) in [5.41, 5.74) is 2.56. The number of benzene rings is 1.